The van der Waals surface area contributed by atoms with Gasteiger partial charge in [0.05, 0.1) is 0 Å². The Morgan fingerprint density at radius 2 is 1.56 bits per heavy atom. The molecule has 2 unspecified atom stereocenters. The molecule has 0 fully saturated rings. The lowest BCUT2D eigenvalue weighted by Gasteiger charge is -2.23. The lowest BCUT2D eigenvalue weighted by Crippen LogP contribution is -2.10. The van der Waals surface area contributed by atoms with Gasteiger partial charge in [0.15, 0.2) is 0 Å². The molecule has 0 aromatic heterocycles. The molecule has 9 heavy (non-hydrogen) atoms. The molecule has 0 saturated carbocycles. The number of hydrogen-bond acceptors (Lipinski definition) is 0. The summed E-state index contributed by atoms with van der Waals surface area (Å²) >= 11 is 0. The van der Waals surface area contributed by atoms with Crippen molar-refractivity contribution in [3.8, 4) is 0 Å². The molecular weight excluding hydrogens is 108 g/mol. The van der Waals surface area contributed by atoms with Crippen LogP contribution >= 0.6 is 0 Å². The van der Waals surface area contributed by atoms with Gasteiger partial charge in [-0.2, -0.15) is 0 Å². The third-order valence-electron chi connectivity index (χ3n) is 2.93. The molecule has 2 atom stereocenters. The van der Waals surface area contributed by atoms with Crippen LogP contribution in [0.4, 0.5) is 0 Å². The quantitative estimate of drug-likeness (QED) is 0.428. The third kappa shape index (κ3) is 0.407. The summed E-state index contributed by atoms with van der Waals surface area (Å²) < 4.78 is 0. The normalized spacial score (nSPS) is 43.6. The highest BCUT2D eigenvalue weighted by atomic mass is 14.4. The van der Waals surface area contributed by atoms with Crippen LogP contribution in [0.3, 0.4) is 0 Å². The standard InChI is InChI=1S/C9H10/c1-2-7-4-3-6(1)8-5-9(7)8/h1-2,6-7H,3-5H2. The summed E-state index contributed by atoms with van der Waals surface area (Å²) in [5.41, 5.74) is 3.60. The van der Waals surface area contributed by atoms with Gasteiger partial charge in [0, 0.05) is 0 Å². The summed E-state index contributed by atoms with van der Waals surface area (Å²) in [6.07, 6.45) is 9.11. The molecule has 0 spiro atoms. The molecule has 4 rings (SSSR count). The van der Waals surface area contributed by atoms with Crippen molar-refractivity contribution in [3.05, 3.63) is 23.3 Å². The van der Waals surface area contributed by atoms with Crippen molar-refractivity contribution in [1.29, 1.82) is 0 Å². The third-order valence-corrected chi connectivity index (χ3v) is 2.93. The molecule has 0 N–H and O–H groups in total. The van der Waals surface area contributed by atoms with Crippen molar-refractivity contribution in [3.63, 3.8) is 0 Å². The van der Waals surface area contributed by atoms with Gasteiger partial charge in [0.2, 0.25) is 0 Å². The minimum atomic E-state index is 0.894. The lowest BCUT2D eigenvalue weighted by atomic mass is 9.82. The zero-order chi connectivity index (χ0) is 5.84. The highest BCUT2D eigenvalue weighted by molar-refractivity contribution is 5.48. The number of rotatable bonds is 0. The Labute approximate surface area is 55.3 Å². The Hall–Kier alpha value is -0.520. The predicted octanol–water partition coefficient (Wildman–Crippen LogP) is 2.28. The monoisotopic (exact) mass is 118 g/mol. The average molecular weight is 118 g/mol. The molecule has 0 aromatic rings. The Morgan fingerprint density at radius 1 is 1.00 bits per heavy atom. The zero-order valence-electron chi connectivity index (χ0n) is 5.43. The SMILES string of the molecule is C1=CC2CCC1C1=C2C1. The highest BCUT2D eigenvalue weighted by Crippen LogP contribution is 2.53. The van der Waals surface area contributed by atoms with Gasteiger partial charge >= 0.3 is 0 Å². The van der Waals surface area contributed by atoms with E-state index in [1.807, 2.05) is 0 Å². The summed E-state index contributed by atoms with van der Waals surface area (Å²) in [7, 11) is 0. The number of hydrogen-bond donors (Lipinski definition) is 0. The second-order valence-electron chi connectivity index (χ2n) is 3.40. The van der Waals surface area contributed by atoms with Crippen LogP contribution in [-0.2, 0) is 0 Å². The van der Waals surface area contributed by atoms with Crippen molar-refractivity contribution in [1.82, 2.24) is 0 Å². The van der Waals surface area contributed by atoms with E-state index in [1.165, 1.54) is 19.3 Å². The smallest absolute Gasteiger partial charge is 0.00165 e. The molecule has 0 aromatic carbocycles. The molecule has 0 amide bonds. The van der Waals surface area contributed by atoms with Crippen LogP contribution in [0.5, 0.6) is 0 Å². The fraction of sp³-hybridized carbons (Fsp3) is 0.556. The second-order valence-corrected chi connectivity index (χ2v) is 3.40. The van der Waals surface area contributed by atoms with Crippen molar-refractivity contribution in [2.45, 2.75) is 19.3 Å². The van der Waals surface area contributed by atoms with E-state index in [1.54, 1.807) is 11.1 Å². The summed E-state index contributed by atoms with van der Waals surface area (Å²) in [5.74, 6) is 1.79. The molecule has 0 radical (unpaired) electrons. The van der Waals surface area contributed by atoms with Crippen LogP contribution in [0.25, 0.3) is 0 Å². The lowest BCUT2D eigenvalue weighted by molar-refractivity contribution is 0.530. The van der Waals surface area contributed by atoms with E-state index in [0.29, 0.717) is 0 Å². The molecule has 0 heterocycles. The van der Waals surface area contributed by atoms with Crippen LogP contribution in [-0.4, -0.2) is 0 Å². The number of allylic oxidation sites excluding steroid dienone is 4. The largest absolute Gasteiger partial charge is 0.0807 e. The molecule has 0 nitrogen and oxygen atoms in total. The molecule has 2 bridgehead atoms. The first kappa shape index (κ1) is 4.32. The van der Waals surface area contributed by atoms with Gasteiger partial charge in [0.1, 0.15) is 0 Å². The van der Waals surface area contributed by atoms with Crippen LogP contribution < -0.4 is 0 Å². The topological polar surface area (TPSA) is 0 Å². The molecule has 46 valence electrons. The maximum atomic E-state index is 2.42. The first-order valence-electron chi connectivity index (χ1n) is 3.85. The van der Waals surface area contributed by atoms with E-state index in [9.17, 15) is 0 Å². The molecular formula is C9H10. The average Bonchev–Trinajstić information content (AvgIpc) is 2.68. The fourth-order valence-electron chi connectivity index (χ4n) is 2.30. The van der Waals surface area contributed by atoms with Crippen molar-refractivity contribution >= 4 is 0 Å². The summed E-state index contributed by atoms with van der Waals surface area (Å²) in [5, 5.41) is 0. The van der Waals surface area contributed by atoms with Gasteiger partial charge in [-0.3, -0.25) is 0 Å². The van der Waals surface area contributed by atoms with E-state index in [0.717, 1.165) is 11.8 Å². The Kier molecular flexibility index (Phi) is 0.555. The zero-order valence-corrected chi connectivity index (χ0v) is 5.43. The van der Waals surface area contributed by atoms with Crippen LogP contribution in [0.15, 0.2) is 23.3 Å². The maximum Gasteiger partial charge on any atom is -0.00165 e. The van der Waals surface area contributed by atoms with E-state index in [-0.39, 0.29) is 0 Å². The van der Waals surface area contributed by atoms with Crippen molar-refractivity contribution < 1.29 is 0 Å². The Morgan fingerprint density at radius 3 is 1.89 bits per heavy atom. The summed E-state index contributed by atoms with van der Waals surface area (Å²) in [6.45, 7) is 0. The molecule has 4 aliphatic rings. The molecule has 0 saturated heterocycles. The first-order valence-corrected chi connectivity index (χ1v) is 3.85. The first-order chi connectivity index (χ1) is 4.45. The van der Waals surface area contributed by atoms with Gasteiger partial charge in [-0.1, -0.05) is 23.3 Å². The van der Waals surface area contributed by atoms with Gasteiger partial charge in [-0.15, -0.1) is 0 Å². The number of fused-ring (bicyclic) bond motifs is 1. The van der Waals surface area contributed by atoms with Gasteiger partial charge < -0.3 is 0 Å². The summed E-state index contributed by atoms with van der Waals surface area (Å²) in [6, 6.07) is 0. The van der Waals surface area contributed by atoms with E-state index >= 15 is 0 Å². The Balaban J connectivity index is 2.15. The van der Waals surface area contributed by atoms with Crippen LogP contribution in [0, 0.1) is 11.8 Å². The van der Waals surface area contributed by atoms with E-state index < -0.39 is 0 Å². The van der Waals surface area contributed by atoms with Crippen molar-refractivity contribution in [2.24, 2.45) is 11.8 Å². The molecule has 4 aliphatic carbocycles. The fourth-order valence-corrected chi connectivity index (χ4v) is 2.30. The maximum absolute atomic E-state index is 2.42. The summed E-state index contributed by atoms with van der Waals surface area (Å²) in [4.78, 5) is 0. The van der Waals surface area contributed by atoms with E-state index in [4.69, 9.17) is 0 Å². The molecule has 0 aliphatic heterocycles. The molecule has 0 heteroatoms. The predicted molar refractivity (Wildman–Crippen MR) is 37.0 cm³/mol. The van der Waals surface area contributed by atoms with Crippen LogP contribution in [0.1, 0.15) is 19.3 Å². The highest BCUT2D eigenvalue weighted by Gasteiger charge is 2.39. The second kappa shape index (κ2) is 1.16. The van der Waals surface area contributed by atoms with Crippen molar-refractivity contribution in [2.75, 3.05) is 0 Å². The van der Waals surface area contributed by atoms with Gasteiger partial charge in [-0.05, 0) is 31.1 Å². The van der Waals surface area contributed by atoms with Gasteiger partial charge in [0.25, 0.3) is 0 Å². The minimum Gasteiger partial charge on any atom is -0.0807 e. The van der Waals surface area contributed by atoms with Gasteiger partial charge in [-0.25, -0.2) is 0 Å². The minimum absolute atomic E-state index is 0.894. The van der Waals surface area contributed by atoms with E-state index in [2.05, 4.69) is 12.2 Å². The van der Waals surface area contributed by atoms with Crippen LogP contribution in [0.2, 0.25) is 0 Å². The Bertz CT molecular complexity index is 198.